The quantitative estimate of drug-likeness (QED) is 0.537. The highest BCUT2D eigenvalue weighted by atomic mass is 16.5. The van der Waals surface area contributed by atoms with E-state index in [9.17, 15) is 14.4 Å². The third-order valence-electron chi connectivity index (χ3n) is 3.94. The number of rotatable bonds is 10. The lowest BCUT2D eigenvalue weighted by Gasteiger charge is -2.17. The zero-order valence-corrected chi connectivity index (χ0v) is 17.9. The van der Waals surface area contributed by atoms with E-state index in [4.69, 9.17) is 9.47 Å². The van der Waals surface area contributed by atoms with Gasteiger partial charge in [-0.2, -0.15) is 0 Å². The van der Waals surface area contributed by atoms with Crippen molar-refractivity contribution in [3.05, 3.63) is 48.5 Å². The molecular formula is C22H28N4O5. The fraction of sp³-hybridized carbons (Fsp3) is 0.318. The largest absolute Gasteiger partial charge is 0.490 e. The number of carbonyl (C=O) groups excluding carboxylic acids is 3. The molecule has 2 aromatic rings. The summed E-state index contributed by atoms with van der Waals surface area (Å²) in [5.41, 5.74) is 1.12. The van der Waals surface area contributed by atoms with Crippen molar-refractivity contribution < 1.29 is 23.9 Å². The van der Waals surface area contributed by atoms with Crippen LogP contribution < -0.4 is 25.4 Å². The van der Waals surface area contributed by atoms with E-state index in [1.807, 2.05) is 19.9 Å². The number of amides is 4. The molecule has 0 aromatic heterocycles. The number of para-hydroxylation sites is 1. The molecule has 9 heteroatoms. The lowest BCUT2D eigenvalue weighted by Crippen LogP contribution is -2.42. The summed E-state index contributed by atoms with van der Waals surface area (Å²) in [6.45, 7) is 4.55. The highest BCUT2D eigenvalue weighted by Crippen LogP contribution is 2.30. The van der Waals surface area contributed by atoms with Crippen LogP contribution in [0.4, 0.5) is 16.2 Å². The maximum atomic E-state index is 12.3. The Kier molecular flexibility index (Phi) is 9.31. The summed E-state index contributed by atoms with van der Waals surface area (Å²) in [6.07, 6.45) is 0. The predicted octanol–water partition coefficient (Wildman–Crippen LogP) is 2.70. The molecule has 0 atom stereocenters. The molecule has 0 spiro atoms. The first-order chi connectivity index (χ1) is 14.9. The molecule has 0 aliphatic carbocycles. The first-order valence-electron chi connectivity index (χ1n) is 9.95. The van der Waals surface area contributed by atoms with Crippen LogP contribution in [-0.4, -0.2) is 56.1 Å². The van der Waals surface area contributed by atoms with Crippen molar-refractivity contribution >= 4 is 29.2 Å². The molecule has 2 rings (SSSR count). The van der Waals surface area contributed by atoms with E-state index in [1.165, 1.54) is 4.90 Å². The van der Waals surface area contributed by atoms with Gasteiger partial charge >= 0.3 is 6.03 Å². The summed E-state index contributed by atoms with van der Waals surface area (Å²) in [7, 11) is 1.61. The Morgan fingerprint density at radius 1 is 0.806 bits per heavy atom. The van der Waals surface area contributed by atoms with Crippen molar-refractivity contribution in [3.8, 4) is 11.5 Å². The monoisotopic (exact) mass is 428 g/mol. The molecule has 0 unspecified atom stereocenters. The summed E-state index contributed by atoms with van der Waals surface area (Å²) in [4.78, 5) is 37.7. The number of urea groups is 1. The third-order valence-corrected chi connectivity index (χ3v) is 3.94. The molecule has 0 aliphatic rings. The van der Waals surface area contributed by atoms with Crippen molar-refractivity contribution in [1.29, 1.82) is 0 Å². The zero-order valence-electron chi connectivity index (χ0n) is 17.9. The fourth-order valence-corrected chi connectivity index (χ4v) is 2.73. The van der Waals surface area contributed by atoms with Crippen LogP contribution in [0.3, 0.4) is 0 Å². The van der Waals surface area contributed by atoms with Crippen molar-refractivity contribution in [2.45, 2.75) is 13.8 Å². The molecule has 2 aromatic carbocycles. The molecule has 9 nitrogen and oxygen atoms in total. The number of nitrogens with zero attached hydrogens (tertiary/aromatic N) is 1. The Bertz CT molecular complexity index is 889. The number of carbonyl (C=O) groups is 3. The van der Waals surface area contributed by atoms with Gasteiger partial charge in [0.25, 0.3) is 0 Å². The van der Waals surface area contributed by atoms with Crippen LogP contribution in [0.25, 0.3) is 0 Å². The smallest absolute Gasteiger partial charge is 0.325 e. The van der Waals surface area contributed by atoms with Crippen molar-refractivity contribution in [1.82, 2.24) is 10.2 Å². The topological polar surface area (TPSA) is 109 Å². The van der Waals surface area contributed by atoms with Gasteiger partial charge in [-0.15, -0.1) is 0 Å². The molecule has 0 aliphatic heterocycles. The molecule has 4 amide bonds. The lowest BCUT2D eigenvalue weighted by atomic mass is 10.2. The number of likely N-dealkylation sites (N-methyl/N-ethyl adjacent to an activating group) is 1. The van der Waals surface area contributed by atoms with Crippen LogP contribution >= 0.6 is 0 Å². The Morgan fingerprint density at radius 3 is 2.13 bits per heavy atom. The number of nitrogens with one attached hydrogen (secondary N) is 3. The van der Waals surface area contributed by atoms with E-state index < -0.39 is 11.9 Å². The molecule has 3 N–H and O–H groups in total. The molecular weight excluding hydrogens is 400 g/mol. The van der Waals surface area contributed by atoms with E-state index in [0.717, 1.165) is 0 Å². The maximum absolute atomic E-state index is 12.3. The molecule has 0 bridgehead atoms. The van der Waals surface area contributed by atoms with Crippen LogP contribution in [0.2, 0.25) is 0 Å². The number of benzene rings is 2. The summed E-state index contributed by atoms with van der Waals surface area (Å²) in [5, 5.41) is 7.55. The van der Waals surface area contributed by atoms with E-state index in [-0.39, 0.29) is 19.0 Å². The standard InChI is InChI=1S/C22H28N4O5/c1-4-30-18-12-11-17(13-19(18)31-5-2)23-20(27)14-26(3)15-21(28)25-22(29)24-16-9-7-6-8-10-16/h6-13H,4-5,14-15H2,1-3H3,(H,23,27)(H2,24,25,28,29). The van der Waals surface area contributed by atoms with Gasteiger partial charge in [0.15, 0.2) is 11.5 Å². The Morgan fingerprint density at radius 2 is 1.45 bits per heavy atom. The number of anilines is 2. The predicted molar refractivity (Wildman–Crippen MR) is 119 cm³/mol. The van der Waals surface area contributed by atoms with Gasteiger partial charge in [0.1, 0.15) is 0 Å². The lowest BCUT2D eigenvalue weighted by molar-refractivity contribution is -0.121. The van der Waals surface area contributed by atoms with Crippen LogP contribution in [0.15, 0.2) is 48.5 Å². The second-order valence-electron chi connectivity index (χ2n) is 6.62. The van der Waals surface area contributed by atoms with Crippen molar-refractivity contribution in [3.63, 3.8) is 0 Å². The van der Waals surface area contributed by atoms with Gasteiger partial charge in [0.2, 0.25) is 11.8 Å². The average Bonchev–Trinajstić information content (AvgIpc) is 2.70. The molecule has 0 fully saturated rings. The van der Waals surface area contributed by atoms with Gasteiger partial charge in [-0.1, -0.05) is 18.2 Å². The Labute approximate surface area is 181 Å². The molecule has 166 valence electrons. The second kappa shape index (κ2) is 12.2. The van der Waals surface area contributed by atoms with Gasteiger partial charge in [-0.3, -0.25) is 19.8 Å². The number of imide groups is 1. The van der Waals surface area contributed by atoms with Crippen LogP contribution in [-0.2, 0) is 9.59 Å². The number of hydrogen-bond acceptors (Lipinski definition) is 6. The normalized spacial score (nSPS) is 10.3. The Hall–Kier alpha value is -3.59. The third kappa shape index (κ3) is 8.35. The summed E-state index contributed by atoms with van der Waals surface area (Å²) in [6, 6.07) is 13.3. The second-order valence-corrected chi connectivity index (χ2v) is 6.62. The van der Waals surface area contributed by atoms with E-state index in [2.05, 4.69) is 16.0 Å². The van der Waals surface area contributed by atoms with Crippen LogP contribution in [0.5, 0.6) is 11.5 Å². The first-order valence-corrected chi connectivity index (χ1v) is 9.95. The molecule has 0 radical (unpaired) electrons. The average molecular weight is 428 g/mol. The minimum atomic E-state index is -0.633. The number of hydrogen-bond donors (Lipinski definition) is 3. The minimum absolute atomic E-state index is 0.0368. The Balaban J connectivity index is 1.81. The van der Waals surface area contributed by atoms with Crippen molar-refractivity contribution in [2.75, 3.05) is 44.0 Å². The van der Waals surface area contributed by atoms with Gasteiger partial charge in [-0.05, 0) is 45.2 Å². The SMILES string of the molecule is CCOc1ccc(NC(=O)CN(C)CC(=O)NC(=O)Nc2ccccc2)cc1OCC. The zero-order chi connectivity index (χ0) is 22.6. The minimum Gasteiger partial charge on any atom is -0.490 e. The van der Waals surface area contributed by atoms with Gasteiger partial charge < -0.3 is 20.1 Å². The van der Waals surface area contributed by atoms with Gasteiger partial charge in [0.05, 0.1) is 26.3 Å². The summed E-state index contributed by atoms with van der Waals surface area (Å²) < 4.78 is 11.1. The molecule has 0 heterocycles. The van der Waals surface area contributed by atoms with E-state index >= 15 is 0 Å². The summed E-state index contributed by atoms with van der Waals surface area (Å²) >= 11 is 0. The van der Waals surface area contributed by atoms with Gasteiger partial charge in [0, 0.05) is 17.4 Å². The fourth-order valence-electron chi connectivity index (χ4n) is 2.73. The highest BCUT2D eigenvalue weighted by Gasteiger charge is 2.14. The van der Waals surface area contributed by atoms with Crippen LogP contribution in [0.1, 0.15) is 13.8 Å². The molecule has 31 heavy (non-hydrogen) atoms. The molecule has 0 saturated heterocycles. The highest BCUT2D eigenvalue weighted by molar-refractivity contribution is 6.02. The van der Waals surface area contributed by atoms with E-state index in [0.29, 0.717) is 36.1 Å². The van der Waals surface area contributed by atoms with Crippen LogP contribution in [0, 0.1) is 0 Å². The maximum Gasteiger partial charge on any atom is 0.325 e. The number of ether oxygens (including phenoxy) is 2. The van der Waals surface area contributed by atoms with E-state index in [1.54, 1.807) is 49.5 Å². The molecule has 0 saturated carbocycles. The van der Waals surface area contributed by atoms with Gasteiger partial charge in [-0.25, -0.2) is 4.79 Å². The van der Waals surface area contributed by atoms with Crippen molar-refractivity contribution in [2.24, 2.45) is 0 Å². The first kappa shape index (κ1) is 23.7. The summed E-state index contributed by atoms with van der Waals surface area (Å²) in [5.74, 6) is 0.309.